The van der Waals surface area contributed by atoms with Crippen molar-refractivity contribution < 1.29 is 27.9 Å². The van der Waals surface area contributed by atoms with Crippen LogP contribution in [0, 0.1) is 0 Å². The molecule has 1 saturated heterocycles. The van der Waals surface area contributed by atoms with E-state index in [9.17, 15) is 18.0 Å². The van der Waals surface area contributed by atoms with Crippen LogP contribution in [-0.2, 0) is 14.6 Å². The number of nitrogens with zero attached hydrogens (tertiary/aromatic N) is 1. The summed E-state index contributed by atoms with van der Waals surface area (Å²) in [5, 5.41) is 12.1. The van der Waals surface area contributed by atoms with Crippen LogP contribution in [0.15, 0.2) is 35.7 Å². The number of sulfone groups is 1. The number of rotatable bonds is 4. The van der Waals surface area contributed by atoms with Crippen molar-refractivity contribution in [2.24, 2.45) is 0 Å². The molecule has 3 rings (SSSR count). The largest absolute Gasteiger partial charge is 0.465 e. The summed E-state index contributed by atoms with van der Waals surface area (Å²) in [7, 11) is -3.07. The normalized spacial score (nSPS) is 24.8. The van der Waals surface area contributed by atoms with Gasteiger partial charge in [0.25, 0.3) is 0 Å². The maximum atomic E-state index is 11.9. The van der Waals surface area contributed by atoms with Crippen molar-refractivity contribution >= 4 is 27.7 Å². The Morgan fingerprint density at radius 3 is 2.64 bits per heavy atom. The molecular weight excluding hydrogens is 348 g/mol. The first-order chi connectivity index (χ1) is 11.8. The van der Waals surface area contributed by atoms with Gasteiger partial charge < -0.3 is 15.2 Å². The van der Waals surface area contributed by atoms with Gasteiger partial charge in [-0.15, -0.1) is 0 Å². The Kier molecular flexibility index (Phi) is 4.67. The fraction of sp³-hybridized carbons (Fsp3) is 0.375. The van der Waals surface area contributed by atoms with Crippen LogP contribution in [0.4, 0.5) is 15.3 Å². The van der Waals surface area contributed by atoms with E-state index < -0.39 is 28.1 Å². The van der Waals surface area contributed by atoms with E-state index in [0.717, 1.165) is 5.56 Å². The maximum absolute atomic E-state index is 11.9. The van der Waals surface area contributed by atoms with E-state index >= 15 is 0 Å². The molecule has 1 unspecified atom stereocenters. The summed E-state index contributed by atoms with van der Waals surface area (Å²) in [6, 6.07) is 7.28. The number of carbonyl (C=O) groups is 2. The van der Waals surface area contributed by atoms with Crippen molar-refractivity contribution in [3.63, 3.8) is 0 Å². The number of nitrogens with one attached hydrogen (secondary N) is 1. The van der Waals surface area contributed by atoms with Crippen LogP contribution in [0.25, 0.3) is 0 Å². The number of hydrogen-bond donors (Lipinski definition) is 2. The Bertz CT molecular complexity index is 802. The molecule has 2 N–H and O–H groups in total. The Hall–Kier alpha value is -2.55. The summed E-state index contributed by atoms with van der Waals surface area (Å²) in [6.07, 6.45) is 0.00285. The van der Waals surface area contributed by atoms with E-state index in [4.69, 9.17) is 9.84 Å². The lowest BCUT2D eigenvalue weighted by molar-refractivity contribution is 0.136. The van der Waals surface area contributed by atoms with Gasteiger partial charge in [0, 0.05) is 17.0 Å². The third-order valence-electron chi connectivity index (χ3n) is 4.22. The zero-order valence-electron chi connectivity index (χ0n) is 13.3. The SMILES string of the molecule is O=C(O)NC[C@H]1CN(c2ccc(C3C=CS(=O)(=O)CC3)cc2)C(=O)O1. The standard InChI is InChI=1S/C16H18N2O6S/c19-15(20)17-9-14-10-18(16(21)24-14)13-3-1-11(2-4-13)12-5-7-25(22,23)8-6-12/h1-5,7,12,14,17H,6,8-10H2,(H,19,20)/t12?,14-/m0/s1. The molecule has 0 saturated carbocycles. The molecule has 1 aromatic rings. The number of allylic oxidation sites excluding steroid dienone is 1. The van der Waals surface area contributed by atoms with Crippen molar-refractivity contribution in [2.75, 3.05) is 23.7 Å². The molecule has 2 aliphatic rings. The average Bonchev–Trinajstić information content (AvgIpc) is 2.94. The van der Waals surface area contributed by atoms with Crippen LogP contribution in [0.3, 0.4) is 0 Å². The smallest absolute Gasteiger partial charge is 0.414 e. The van der Waals surface area contributed by atoms with Crippen molar-refractivity contribution in [2.45, 2.75) is 18.4 Å². The highest BCUT2D eigenvalue weighted by atomic mass is 32.2. The molecule has 2 heterocycles. The Morgan fingerprint density at radius 1 is 1.32 bits per heavy atom. The molecule has 2 amide bonds. The molecule has 25 heavy (non-hydrogen) atoms. The van der Waals surface area contributed by atoms with Crippen LogP contribution in [0.1, 0.15) is 17.9 Å². The molecule has 0 bridgehead atoms. The van der Waals surface area contributed by atoms with Gasteiger partial charge in [0.15, 0.2) is 9.84 Å². The minimum absolute atomic E-state index is 0.0376. The number of amides is 2. The van der Waals surface area contributed by atoms with Gasteiger partial charge in [-0.05, 0) is 24.1 Å². The molecular formula is C16H18N2O6S. The van der Waals surface area contributed by atoms with Crippen LogP contribution in [-0.4, -0.2) is 50.7 Å². The lowest BCUT2D eigenvalue weighted by Crippen LogP contribution is -2.33. The van der Waals surface area contributed by atoms with Gasteiger partial charge in [0.1, 0.15) is 6.10 Å². The number of cyclic esters (lactones) is 1. The van der Waals surface area contributed by atoms with E-state index in [1.807, 2.05) is 12.1 Å². The summed E-state index contributed by atoms with van der Waals surface area (Å²) in [6.45, 7) is 0.303. The predicted molar refractivity (Wildman–Crippen MR) is 90.4 cm³/mol. The van der Waals surface area contributed by atoms with E-state index in [0.29, 0.717) is 12.1 Å². The fourth-order valence-electron chi connectivity index (χ4n) is 2.89. The zero-order chi connectivity index (χ0) is 18.0. The molecule has 1 fully saturated rings. The minimum Gasteiger partial charge on any atom is -0.465 e. The maximum Gasteiger partial charge on any atom is 0.414 e. The Labute approximate surface area is 145 Å². The highest BCUT2D eigenvalue weighted by Crippen LogP contribution is 2.29. The van der Waals surface area contributed by atoms with Crippen molar-refractivity contribution in [1.29, 1.82) is 0 Å². The fourth-order valence-corrected chi connectivity index (χ4v) is 4.04. The highest BCUT2D eigenvalue weighted by Gasteiger charge is 2.32. The lowest BCUT2D eigenvalue weighted by atomic mass is 9.96. The Balaban J connectivity index is 1.66. The first-order valence-electron chi connectivity index (χ1n) is 7.80. The summed E-state index contributed by atoms with van der Waals surface area (Å²) >= 11 is 0. The molecule has 0 spiro atoms. The van der Waals surface area contributed by atoms with Crippen molar-refractivity contribution in [3.8, 4) is 0 Å². The van der Waals surface area contributed by atoms with E-state index in [1.165, 1.54) is 10.3 Å². The summed E-state index contributed by atoms with van der Waals surface area (Å²) in [5.41, 5.74) is 1.63. The molecule has 2 aliphatic heterocycles. The summed E-state index contributed by atoms with van der Waals surface area (Å²) in [5.74, 6) is 0.169. The minimum atomic E-state index is -3.07. The van der Waals surface area contributed by atoms with Gasteiger partial charge in [0.2, 0.25) is 0 Å². The van der Waals surface area contributed by atoms with Gasteiger partial charge in [0.05, 0.1) is 18.8 Å². The van der Waals surface area contributed by atoms with Gasteiger partial charge in [-0.25, -0.2) is 18.0 Å². The van der Waals surface area contributed by atoms with Crippen LogP contribution in [0.5, 0.6) is 0 Å². The predicted octanol–water partition coefficient (Wildman–Crippen LogP) is 1.70. The number of ether oxygens (including phenoxy) is 1. The number of hydrogen-bond acceptors (Lipinski definition) is 5. The van der Waals surface area contributed by atoms with Crippen LogP contribution in [0.2, 0.25) is 0 Å². The summed E-state index contributed by atoms with van der Waals surface area (Å²) < 4.78 is 28.0. The summed E-state index contributed by atoms with van der Waals surface area (Å²) in [4.78, 5) is 23.9. The molecule has 1 aromatic carbocycles. The molecule has 0 radical (unpaired) electrons. The second-order valence-electron chi connectivity index (χ2n) is 5.98. The third kappa shape index (κ3) is 4.11. The van der Waals surface area contributed by atoms with E-state index in [2.05, 4.69) is 5.32 Å². The first-order valence-corrected chi connectivity index (χ1v) is 9.51. The van der Waals surface area contributed by atoms with Crippen LogP contribution < -0.4 is 10.2 Å². The molecule has 8 nitrogen and oxygen atoms in total. The first kappa shape index (κ1) is 17.3. The van der Waals surface area contributed by atoms with Gasteiger partial charge in [-0.2, -0.15) is 0 Å². The van der Waals surface area contributed by atoms with Crippen LogP contribution >= 0.6 is 0 Å². The number of carbonyl (C=O) groups excluding carboxylic acids is 1. The lowest BCUT2D eigenvalue weighted by Gasteiger charge is -2.18. The van der Waals surface area contributed by atoms with E-state index in [1.54, 1.807) is 18.2 Å². The Morgan fingerprint density at radius 2 is 2.04 bits per heavy atom. The van der Waals surface area contributed by atoms with Gasteiger partial charge >= 0.3 is 12.2 Å². The number of anilines is 1. The molecule has 0 aliphatic carbocycles. The topological polar surface area (TPSA) is 113 Å². The number of carboxylic acid groups (broad SMARTS) is 1. The van der Waals surface area contributed by atoms with Gasteiger partial charge in [-0.1, -0.05) is 18.2 Å². The molecule has 2 atom stereocenters. The molecule has 134 valence electrons. The van der Waals surface area contributed by atoms with E-state index in [-0.39, 0.29) is 24.8 Å². The molecule has 0 aromatic heterocycles. The van der Waals surface area contributed by atoms with Gasteiger partial charge in [-0.3, -0.25) is 4.90 Å². The third-order valence-corrected chi connectivity index (χ3v) is 5.60. The average molecular weight is 366 g/mol. The zero-order valence-corrected chi connectivity index (χ0v) is 14.1. The number of benzene rings is 1. The quantitative estimate of drug-likeness (QED) is 0.838. The van der Waals surface area contributed by atoms with Crippen molar-refractivity contribution in [1.82, 2.24) is 5.32 Å². The second kappa shape index (κ2) is 6.75. The monoisotopic (exact) mass is 366 g/mol. The molecule has 9 heteroatoms. The second-order valence-corrected chi connectivity index (χ2v) is 7.99. The van der Waals surface area contributed by atoms with Crippen molar-refractivity contribution in [3.05, 3.63) is 41.3 Å². The highest BCUT2D eigenvalue weighted by molar-refractivity contribution is 7.94.